The van der Waals surface area contributed by atoms with Gasteiger partial charge >= 0.3 is 0 Å². The number of nitrogens with two attached hydrogens (primary N) is 1. The van der Waals surface area contributed by atoms with E-state index in [9.17, 15) is 22.4 Å². The smallest absolute Gasteiger partial charge is 0.251 e. The molecule has 1 heterocycles. The maximum atomic E-state index is 13.0. The summed E-state index contributed by atoms with van der Waals surface area (Å²) in [6.45, 7) is 3.43. The summed E-state index contributed by atoms with van der Waals surface area (Å²) in [5.41, 5.74) is 5.88. The number of hydrogen-bond donors (Lipinski definition) is 2. The van der Waals surface area contributed by atoms with Gasteiger partial charge in [0.1, 0.15) is 15.0 Å². The molecule has 0 spiro atoms. The van der Waals surface area contributed by atoms with Crippen LogP contribution in [0.15, 0.2) is 51.1 Å². The van der Waals surface area contributed by atoms with Crippen LogP contribution in [0.1, 0.15) is 24.2 Å². The number of nitrogens with one attached hydrogen (secondary N) is 1. The van der Waals surface area contributed by atoms with Crippen LogP contribution in [0.4, 0.5) is 9.39 Å². The van der Waals surface area contributed by atoms with Crippen LogP contribution in [0.25, 0.3) is 0 Å². The first-order chi connectivity index (χ1) is 11.6. The minimum atomic E-state index is -3.97. The molecule has 0 fully saturated rings. The van der Waals surface area contributed by atoms with Crippen LogP contribution in [0.2, 0.25) is 0 Å². The van der Waals surface area contributed by atoms with Crippen molar-refractivity contribution in [3.8, 4) is 0 Å². The highest BCUT2D eigenvalue weighted by Crippen LogP contribution is 2.34. The Morgan fingerprint density at radius 1 is 1.20 bits per heavy atom. The summed E-state index contributed by atoms with van der Waals surface area (Å²) in [7, 11) is -3.97. The molecule has 0 radical (unpaired) electrons. The fourth-order valence-electron chi connectivity index (χ4n) is 1.92. The maximum absolute atomic E-state index is 13.0. The van der Waals surface area contributed by atoms with Gasteiger partial charge < -0.3 is 11.1 Å². The van der Waals surface area contributed by atoms with E-state index >= 15 is 0 Å². The summed E-state index contributed by atoms with van der Waals surface area (Å²) in [5, 5.41) is 2.49. The second-order valence-corrected chi connectivity index (χ2v) is 8.57. The zero-order valence-electron chi connectivity index (χ0n) is 13.4. The van der Waals surface area contributed by atoms with Crippen LogP contribution in [0, 0.1) is 5.82 Å². The fourth-order valence-corrected chi connectivity index (χ4v) is 4.69. The summed E-state index contributed by atoms with van der Waals surface area (Å²) >= 11 is 0.705. The van der Waals surface area contributed by atoms with Gasteiger partial charge in [-0.2, -0.15) is 0 Å². The minimum Gasteiger partial charge on any atom is -0.366 e. The lowest BCUT2D eigenvalue weighted by molar-refractivity contribution is -0.111. The Balaban J connectivity index is 2.48. The normalized spacial score (nSPS) is 11.0. The van der Waals surface area contributed by atoms with E-state index in [-0.39, 0.29) is 19.7 Å². The molecule has 0 saturated heterocycles. The molecule has 9 heteroatoms. The van der Waals surface area contributed by atoms with Crippen molar-refractivity contribution >= 4 is 38.0 Å². The van der Waals surface area contributed by atoms with Crippen molar-refractivity contribution in [3.05, 3.63) is 53.4 Å². The molecule has 2 amide bonds. The van der Waals surface area contributed by atoms with Crippen molar-refractivity contribution in [2.45, 2.75) is 23.0 Å². The molecule has 0 saturated carbocycles. The van der Waals surface area contributed by atoms with E-state index in [1.807, 2.05) is 0 Å². The minimum absolute atomic E-state index is 0.0377. The lowest BCUT2D eigenvalue weighted by Gasteiger charge is -2.02. The Hall–Kier alpha value is -2.52. The number of halogens is 1. The molecule has 1 aromatic carbocycles. The zero-order valence-corrected chi connectivity index (χ0v) is 15.0. The second kappa shape index (κ2) is 7.16. The number of carbonyl (C=O) groups is 2. The molecule has 0 aliphatic heterocycles. The molecular formula is C16H15FN2O4S2. The van der Waals surface area contributed by atoms with E-state index in [0.717, 1.165) is 35.9 Å². The number of rotatable bonds is 5. The summed E-state index contributed by atoms with van der Waals surface area (Å²) in [6, 6.07) is 5.38. The third kappa shape index (κ3) is 4.31. The van der Waals surface area contributed by atoms with Crippen LogP contribution in [-0.2, 0) is 14.6 Å². The number of anilines is 1. The third-order valence-electron chi connectivity index (χ3n) is 3.02. The lowest BCUT2D eigenvalue weighted by atomic mass is 10.3. The molecule has 2 aromatic rings. The lowest BCUT2D eigenvalue weighted by Crippen LogP contribution is -2.15. The average Bonchev–Trinajstić information content (AvgIpc) is 2.91. The molecule has 0 bridgehead atoms. The van der Waals surface area contributed by atoms with Gasteiger partial charge in [0.25, 0.3) is 5.91 Å². The Morgan fingerprint density at radius 3 is 2.32 bits per heavy atom. The predicted molar refractivity (Wildman–Crippen MR) is 92.7 cm³/mol. The fraction of sp³-hybridized carbons (Fsp3) is 0.125. The van der Waals surface area contributed by atoms with Gasteiger partial charge in [-0.25, -0.2) is 12.8 Å². The van der Waals surface area contributed by atoms with Crippen molar-refractivity contribution in [3.63, 3.8) is 0 Å². The first kappa shape index (κ1) is 18.8. The Morgan fingerprint density at radius 2 is 1.80 bits per heavy atom. The molecule has 132 valence electrons. The number of allylic oxidation sites excluding steroid dienone is 1. The van der Waals surface area contributed by atoms with Gasteiger partial charge in [-0.05, 0) is 44.2 Å². The predicted octanol–water partition coefficient (Wildman–Crippen LogP) is 2.72. The van der Waals surface area contributed by atoms with Crippen LogP contribution >= 0.6 is 11.3 Å². The molecule has 3 N–H and O–H groups in total. The summed E-state index contributed by atoms with van der Waals surface area (Å²) < 4.78 is 38.0. The van der Waals surface area contributed by atoms with Crippen LogP contribution in [0.3, 0.4) is 0 Å². The third-order valence-corrected chi connectivity index (χ3v) is 6.31. The van der Waals surface area contributed by atoms with Crippen molar-refractivity contribution in [2.75, 3.05) is 5.32 Å². The van der Waals surface area contributed by atoms with Crippen molar-refractivity contribution in [2.24, 2.45) is 5.73 Å². The monoisotopic (exact) mass is 382 g/mol. The Labute approximate surface area is 148 Å². The van der Waals surface area contributed by atoms with Crippen LogP contribution in [-0.4, -0.2) is 20.2 Å². The van der Waals surface area contributed by atoms with Gasteiger partial charge in [0.15, 0.2) is 0 Å². The first-order valence-electron chi connectivity index (χ1n) is 7.01. The second-order valence-electron chi connectivity index (χ2n) is 5.34. The number of thiophene rings is 1. The highest BCUT2D eigenvalue weighted by Gasteiger charge is 2.25. The highest BCUT2D eigenvalue weighted by atomic mass is 32.2. The molecular weight excluding hydrogens is 367 g/mol. The average molecular weight is 382 g/mol. The summed E-state index contributed by atoms with van der Waals surface area (Å²) in [6.07, 6.45) is 1.30. The van der Waals surface area contributed by atoms with E-state index in [0.29, 0.717) is 11.3 Å². The molecule has 0 aliphatic carbocycles. The van der Waals surface area contributed by atoms with Crippen molar-refractivity contribution < 1.29 is 22.4 Å². The summed E-state index contributed by atoms with van der Waals surface area (Å²) in [4.78, 5) is 23.3. The van der Waals surface area contributed by atoms with E-state index < -0.39 is 27.5 Å². The zero-order chi connectivity index (χ0) is 18.8. The molecule has 6 nitrogen and oxygen atoms in total. The van der Waals surface area contributed by atoms with E-state index in [2.05, 4.69) is 5.32 Å². The molecule has 25 heavy (non-hydrogen) atoms. The molecule has 0 aliphatic rings. The van der Waals surface area contributed by atoms with Crippen LogP contribution in [0.5, 0.6) is 0 Å². The van der Waals surface area contributed by atoms with Gasteiger partial charge in [-0.3, -0.25) is 9.59 Å². The Bertz CT molecular complexity index is 957. The molecule has 2 rings (SSSR count). The van der Waals surface area contributed by atoms with E-state index in [1.54, 1.807) is 13.8 Å². The van der Waals surface area contributed by atoms with Gasteiger partial charge in [0.05, 0.1) is 10.5 Å². The van der Waals surface area contributed by atoms with E-state index in [4.69, 9.17) is 5.73 Å². The number of amides is 2. The van der Waals surface area contributed by atoms with Crippen molar-refractivity contribution in [1.82, 2.24) is 0 Å². The first-order valence-corrected chi connectivity index (χ1v) is 9.31. The topological polar surface area (TPSA) is 106 Å². The van der Waals surface area contributed by atoms with Gasteiger partial charge in [-0.15, -0.1) is 11.3 Å². The molecule has 0 atom stereocenters. The summed E-state index contributed by atoms with van der Waals surface area (Å²) in [5.74, 6) is -1.95. The number of benzene rings is 1. The maximum Gasteiger partial charge on any atom is 0.251 e. The number of carbonyl (C=O) groups excluding carboxylic acids is 2. The number of hydrogen-bond acceptors (Lipinski definition) is 5. The number of primary amides is 1. The van der Waals surface area contributed by atoms with Crippen LogP contribution < -0.4 is 11.1 Å². The largest absolute Gasteiger partial charge is 0.366 e. The van der Waals surface area contributed by atoms with E-state index in [1.165, 1.54) is 6.08 Å². The SMILES string of the molecule is CC(C)=CC(=O)Nc1sc(S(=O)(=O)c2ccc(F)cc2)cc1C(N)=O. The Kier molecular flexibility index (Phi) is 5.39. The van der Waals surface area contributed by atoms with Crippen molar-refractivity contribution in [1.29, 1.82) is 0 Å². The standard InChI is InChI=1S/C16H15FN2O4S2/c1-9(2)7-13(20)19-16-12(15(18)21)8-14(24-16)25(22,23)11-5-3-10(17)4-6-11/h3-8H,1-2H3,(H2,18,21)(H,19,20). The van der Waals surface area contributed by atoms with Gasteiger partial charge in [-0.1, -0.05) is 5.57 Å². The van der Waals surface area contributed by atoms with Gasteiger partial charge in [0, 0.05) is 6.08 Å². The highest BCUT2D eigenvalue weighted by molar-refractivity contribution is 7.93. The molecule has 0 unspecified atom stereocenters. The molecule has 1 aromatic heterocycles. The number of sulfone groups is 1. The quantitative estimate of drug-likeness (QED) is 0.612. The van der Waals surface area contributed by atoms with Gasteiger partial charge in [0.2, 0.25) is 15.7 Å².